The lowest BCUT2D eigenvalue weighted by Crippen LogP contribution is -2.27. The summed E-state index contributed by atoms with van der Waals surface area (Å²) in [4.78, 5) is 11.5. The fraction of sp³-hybridized carbons (Fsp3) is 0.933. The lowest BCUT2D eigenvalue weighted by atomic mass is 10.2. The number of nitrogens with one attached hydrogen (secondary N) is 1. The SMILES string of the molecule is CC(C)OCCCCC(=O)NCCOCCOC(C)C.[HH]. The highest BCUT2D eigenvalue weighted by atomic mass is 16.5. The Balaban J connectivity index is 0. The van der Waals surface area contributed by atoms with Gasteiger partial charge in [0.25, 0.3) is 0 Å². The van der Waals surface area contributed by atoms with Crippen molar-refractivity contribution in [1.82, 2.24) is 5.32 Å². The Kier molecular flexibility index (Phi) is 12.9. The highest BCUT2D eigenvalue weighted by molar-refractivity contribution is 5.75. The zero-order valence-corrected chi connectivity index (χ0v) is 13.4. The Morgan fingerprint density at radius 2 is 1.60 bits per heavy atom. The van der Waals surface area contributed by atoms with Gasteiger partial charge in [-0.05, 0) is 40.5 Å². The van der Waals surface area contributed by atoms with E-state index in [1.165, 1.54) is 0 Å². The predicted molar refractivity (Wildman–Crippen MR) is 82.0 cm³/mol. The third-order valence-electron chi connectivity index (χ3n) is 2.50. The second-order valence-corrected chi connectivity index (χ2v) is 5.26. The summed E-state index contributed by atoms with van der Waals surface area (Å²) >= 11 is 0. The van der Waals surface area contributed by atoms with Gasteiger partial charge >= 0.3 is 0 Å². The third kappa shape index (κ3) is 15.4. The van der Waals surface area contributed by atoms with E-state index >= 15 is 0 Å². The molecule has 1 N–H and O–H groups in total. The quantitative estimate of drug-likeness (QED) is 0.529. The van der Waals surface area contributed by atoms with Crippen molar-refractivity contribution in [2.24, 2.45) is 0 Å². The van der Waals surface area contributed by atoms with Crippen molar-refractivity contribution in [3.63, 3.8) is 0 Å². The fourth-order valence-corrected chi connectivity index (χ4v) is 1.50. The Hall–Kier alpha value is -0.650. The number of amides is 1. The van der Waals surface area contributed by atoms with Crippen molar-refractivity contribution < 1.29 is 20.4 Å². The van der Waals surface area contributed by atoms with E-state index in [4.69, 9.17) is 14.2 Å². The summed E-state index contributed by atoms with van der Waals surface area (Å²) in [5.41, 5.74) is 0. The molecule has 0 aromatic heterocycles. The molecule has 122 valence electrons. The molecule has 0 aromatic rings. The minimum atomic E-state index is 0. The highest BCUT2D eigenvalue weighted by Crippen LogP contribution is 1.98. The molecule has 1 amide bonds. The summed E-state index contributed by atoms with van der Waals surface area (Å²) in [5, 5.41) is 2.84. The van der Waals surface area contributed by atoms with Crippen LogP contribution in [0.2, 0.25) is 0 Å². The molecule has 0 saturated carbocycles. The molecule has 0 unspecified atom stereocenters. The molecule has 0 aliphatic carbocycles. The van der Waals surface area contributed by atoms with Gasteiger partial charge < -0.3 is 19.5 Å². The van der Waals surface area contributed by atoms with Gasteiger partial charge in [-0.2, -0.15) is 0 Å². The van der Waals surface area contributed by atoms with Crippen LogP contribution in [0.25, 0.3) is 0 Å². The van der Waals surface area contributed by atoms with Gasteiger partial charge in [0.2, 0.25) is 5.91 Å². The van der Waals surface area contributed by atoms with E-state index in [9.17, 15) is 4.79 Å². The average molecular weight is 291 g/mol. The second kappa shape index (κ2) is 13.3. The Morgan fingerprint density at radius 1 is 0.950 bits per heavy atom. The van der Waals surface area contributed by atoms with Crippen LogP contribution in [0, 0.1) is 0 Å². The topological polar surface area (TPSA) is 56.8 Å². The molecule has 5 nitrogen and oxygen atoms in total. The van der Waals surface area contributed by atoms with Gasteiger partial charge in [0.15, 0.2) is 0 Å². The molecule has 5 heteroatoms. The Labute approximate surface area is 124 Å². The summed E-state index contributed by atoms with van der Waals surface area (Å²) in [6, 6.07) is 0. The van der Waals surface area contributed by atoms with E-state index in [0.717, 1.165) is 19.4 Å². The number of hydrogen-bond donors (Lipinski definition) is 1. The van der Waals surface area contributed by atoms with E-state index in [2.05, 4.69) is 5.32 Å². The van der Waals surface area contributed by atoms with Crippen molar-refractivity contribution in [3.05, 3.63) is 0 Å². The second-order valence-electron chi connectivity index (χ2n) is 5.26. The molecule has 20 heavy (non-hydrogen) atoms. The fourth-order valence-electron chi connectivity index (χ4n) is 1.50. The zero-order valence-electron chi connectivity index (χ0n) is 13.4. The predicted octanol–water partition coefficient (Wildman–Crippen LogP) is 2.39. The summed E-state index contributed by atoms with van der Waals surface area (Å²) in [6.45, 7) is 11.0. The first-order chi connectivity index (χ1) is 9.52. The van der Waals surface area contributed by atoms with Crippen LogP contribution in [0.4, 0.5) is 0 Å². The van der Waals surface area contributed by atoms with E-state index in [-0.39, 0.29) is 19.5 Å². The minimum absolute atomic E-state index is 0. The first-order valence-electron chi connectivity index (χ1n) is 7.60. The number of rotatable bonds is 13. The Bertz CT molecular complexity index is 238. The van der Waals surface area contributed by atoms with Gasteiger partial charge in [0, 0.05) is 21.0 Å². The number of ether oxygens (including phenoxy) is 3. The van der Waals surface area contributed by atoms with Crippen LogP contribution in [0.3, 0.4) is 0 Å². The molecule has 0 heterocycles. The first-order valence-corrected chi connectivity index (χ1v) is 7.60. The maximum atomic E-state index is 11.5. The van der Waals surface area contributed by atoms with E-state index < -0.39 is 0 Å². The molecule has 0 saturated heterocycles. The highest BCUT2D eigenvalue weighted by Gasteiger charge is 2.01. The standard InChI is InChI=1S/C15H31NO4.H2/c1-13(2)19-9-6-5-7-15(17)16-8-10-18-11-12-20-14(3)4;/h13-14H,5-12H2,1-4H3,(H,16,17);1H. The number of hydrogen-bond acceptors (Lipinski definition) is 4. The number of carbonyl (C=O) groups excluding carboxylic acids is 1. The maximum Gasteiger partial charge on any atom is 0.220 e. The van der Waals surface area contributed by atoms with E-state index in [0.29, 0.717) is 32.8 Å². The number of carbonyl (C=O) groups is 1. The van der Waals surface area contributed by atoms with Crippen LogP contribution in [0.15, 0.2) is 0 Å². The molecule has 0 fully saturated rings. The van der Waals surface area contributed by atoms with E-state index in [1.807, 2.05) is 27.7 Å². The van der Waals surface area contributed by atoms with Crippen molar-refractivity contribution in [3.8, 4) is 0 Å². The van der Waals surface area contributed by atoms with Crippen molar-refractivity contribution in [1.29, 1.82) is 0 Å². The normalized spacial score (nSPS) is 11.3. The van der Waals surface area contributed by atoms with E-state index in [1.54, 1.807) is 0 Å². The molecule has 0 aliphatic rings. The van der Waals surface area contributed by atoms with Crippen LogP contribution in [-0.2, 0) is 19.0 Å². The van der Waals surface area contributed by atoms with Gasteiger partial charge in [-0.15, -0.1) is 0 Å². The van der Waals surface area contributed by atoms with Gasteiger partial charge in [-0.1, -0.05) is 0 Å². The third-order valence-corrected chi connectivity index (χ3v) is 2.50. The monoisotopic (exact) mass is 291 g/mol. The average Bonchev–Trinajstić information content (AvgIpc) is 2.36. The van der Waals surface area contributed by atoms with Crippen LogP contribution in [0.1, 0.15) is 48.4 Å². The van der Waals surface area contributed by atoms with Crippen molar-refractivity contribution in [2.45, 2.75) is 59.2 Å². The molecule has 0 bridgehead atoms. The lowest BCUT2D eigenvalue weighted by Gasteiger charge is -2.09. The zero-order chi connectivity index (χ0) is 15.2. The minimum Gasteiger partial charge on any atom is -0.379 e. The molecular formula is C15H33NO4. The van der Waals surface area contributed by atoms with Crippen LogP contribution < -0.4 is 5.32 Å². The van der Waals surface area contributed by atoms with Crippen molar-refractivity contribution in [2.75, 3.05) is 33.0 Å². The molecule has 0 radical (unpaired) electrons. The summed E-state index contributed by atoms with van der Waals surface area (Å²) in [7, 11) is 0. The van der Waals surface area contributed by atoms with Crippen LogP contribution in [0.5, 0.6) is 0 Å². The van der Waals surface area contributed by atoms with Gasteiger partial charge in [0.05, 0.1) is 32.0 Å². The number of unbranched alkanes of at least 4 members (excludes halogenated alkanes) is 1. The smallest absolute Gasteiger partial charge is 0.220 e. The van der Waals surface area contributed by atoms with Gasteiger partial charge in [-0.25, -0.2) is 0 Å². The van der Waals surface area contributed by atoms with Crippen LogP contribution in [-0.4, -0.2) is 51.1 Å². The van der Waals surface area contributed by atoms with Crippen molar-refractivity contribution >= 4 is 5.91 Å². The molecule has 0 aliphatic heterocycles. The largest absolute Gasteiger partial charge is 0.379 e. The summed E-state index contributed by atoms with van der Waals surface area (Å²) < 4.78 is 16.1. The Morgan fingerprint density at radius 3 is 2.25 bits per heavy atom. The lowest BCUT2D eigenvalue weighted by molar-refractivity contribution is -0.121. The van der Waals surface area contributed by atoms with Gasteiger partial charge in [0.1, 0.15) is 0 Å². The molecular weight excluding hydrogens is 258 g/mol. The molecule has 0 aromatic carbocycles. The summed E-state index contributed by atoms with van der Waals surface area (Å²) in [5.74, 6) is 0.0802. The maximum absolute atomic E-state index is 11.5. The first kappa shape index (κ1) is 19.4. The molecule has 0 spiro atoms. The molecule has 0 rings (SSSR count). The summed E-state index contributed by atoms with van der Waals surface area (Å²) in [6.07, 6.45) is 2.84. The van der Waals surface area contributed by atoms with Crippen LogP contribution >= 0.6 is 0 Å². The van der Waals surface area contributed by atoms with Gasteiger partial charge in [-0.3, -0.25) is 4.79 Å². The molecule has 0 atom stereocenters.